The molecule has 0 aliphatic carbocycles. The van der Waals surface area contributed by atoms with Crippen LogP contribution < -0.4 is 0 Å². The van der Waals surface area contributed by atoms with Crippen molar-refractivity contribution in [3.05, 3.63) is 35.9 Å². The summed E-state index contributed by atoms with van der Waals surface area (Å²) in [5.41, 5.74) is -0.558. The van der Waals surface area contributed by atoms with Crippen LogP contribution in [0.3, 0.4) is 0 Å². The minimum atomic E-state index is -2.03. The van der Waals surface area contributed by atoms with Gasteiger partial charge in [-0.3, -0.25) is 19.3 Å². The number of esters is 2. The lowest BCUT2D eigenvalue weighted by molar-refractivity contribution is -0.305. The molecule has 0 bridgehead atoms. The number of hydrogen-bond acceptors (Lipinski definition) is 19. The van der Waals surface area contributed by atoms with E-state index in [9.17, 15) is 24.9 Å². The molecule has 0 amide bonds. The summed E-state index contributed by atoms with van der Waals surface area (Å²) in [5, 5.41) is 39.1. The molecule has 1 aromatic carbocycles. The summed E-state index contributed by atoms with van der Waals surface area (Å²) in [6.45, 7) is 24.7. The number of aliphatic hydroxyl groups excluding tert-OH is 2. The molecule has 0 spiro atoms. The molecule has 1 unspecified atom stereocenters. The molecule has 19 nitrogen and oxygen atoms in total. The molecule has 4 heterocycles. The highest BCUT2D eigenvalue weighted by Gasteiger charge is 2.51. The third-order valence-corrected chi connectivity index (χ3v) is 15.7. The van der Waals surface area contributed by atoms with Gasteiger partial charge in [0, 0.05) is 70.4 Å². The van der Waals surface area contributed by atoms with Gasteiger partial charge in [0.05, 0.1) is 54.7 Å². The fraction of sp³-hybridized carbons (Fsp3) is 0.821. The van der Waals surface area contributed by atoms with E-state index in [-0.39, 0.29) is 43.9 Å². The van der Waals surface area contributed by atoms with E-state index in [0.717, 1.165) is 5.56 Å². The van der Waals surface area contributed by atoms with Crippen LogP contribution in [0.2, 0.25) is 0 Å². The first kappa shape index (κ1) is 62.7. The molecule has 428 valence electrons. The summed E-state index contributed by atoms with van der Waals surface area (Å²) in [5.74, 6) is -6.96. The van der Waals surface area contributed by atoms with Crippen LogP contribution in [0.5, 0.6) is 0 Å². The van der Waals surface area contributed by atoms with Gasteiger partial charge in [0.15, 0.2) is 24.7 Å². The van der Waals surface area contributed by atoms with Crippen LogP contribution in [0.1, 0.15) is 121 Å². The van der Waals surface area contributed by atoms with E-state index >= 15 is 4.79 Å². The Kier molecular flexibility index (Phi) is 23.5. The van der Waals surface area contributed by atoms with Crippen molar-refractivity contribution < 1.29 is 81.9 Å². The number of nitrogens with zero attached hydrogens (tertiary/aromatic N) is 2. The van der Waals surface area contributed by atoms with Crippen molar-refractivity contribution in [1.29, 1.82) is 0 Å². The summed E-state index contributed by atoms with van der Waals surface area (Å²) in [7, 11) is 4.32. The Morgan fingerprint density at radius 1 is 0.813 bits per heavy atom. The number of cyclic esters (lactones) is 1. The van der Waals surface area contributed by atoms with E-state index < -0.39 is 139 Å². The van der Waals surface area contributed by atoms with Crippen molar-refractivity contribution in [2.75, 3.05) is 34.5 Å². The highest BCUT2D eigenvalue weighted by molar-refractivity contribution is 5.90. The van der Waals surface area contributed by atoms with Crippen LogP contribution in [0.15, 0.2) is 35.5 Å². The van der Waals surface area contributed by atoms with E-state index in [1.807, 2.05) is 66.7 Å². The quantitative estimate of drug-likeness (QED) is 0.130. The number of carbonyl (C=O) groups excluding carboxylic acids is 3. The Balaban J connectivity index is 1.62. The summed E-state index contributed by atoms with van der Waals surface area (Å²) in [6.07, 6.45) is -12.1. The molecule has 22 atom stereocenters. The molecule has 0 aromatic heterocycles. The number of Topliss-reactive ketones (excluding diaryl/α,β-unsaturated/α-hetero) is 1. The number of methoxy groups -OCH3 is 2. The van der Waals surface area contributed by atoms with E-state index in [2.05, 4.69) is 29.1 Å². The van der Waals surface area contributed by atoms with Gasteiger partial charge < -0.3 is 67.5 Å². The molecule has 5 rings (SSSR count). The van der Waals surface area contributed by atoms with E-state index in [1.54, 1.807) is 27.7 Å². The van der Waals surface area contributed by atoms with Crippen LogP contribution in [-0.4, -0.2) is 176 Å². The average molecular weight is 1070 g/mol. The fourth-order valence-corrected chi connectivity index (χ4v) is 11.6. The standard InChI is InChI=1S/C56H92N2O17/c1-29(2)22-42(59)72-48-36(9)47(31(4)28-68-55-51(66-15)50(65-14)44(60)39(12)71-55)74-53(63)38(11)49(73-43-23-32(5)58(26-34(7)69-43)27-40-20-18-17-19-21-40)35(8)46(30(3)25-56(13,64)52(62)37(48)10)75-54-45(61)41(57-67-16)24-33(6)70-54/h17-21,29-39,43-51,54-55,60-61,64H,22-28H2,1-16H3/t30-,31-,32?,33+,34-,35+,36-,37+,38+,39+,43-,44+,45+,46-,47+,48+,49-,50+,51+,54-,55+,56-/m0/s1. The topological polar surface area (TPSA) is 229 Å². The van der Waals surface area contributed by atoms with E-state index in [4.69, 9.17) is 52.2 Å². The molecular weight excluding hydrogens is 973 g/mol. The third-order valence-electron chi connectivity index (χ3n) is 15.7. The maximum Gasteiger partial charge on any atom is 0.311 e. The van der Waals surface area contributed by atoms with Crippen LogP contribution in [0, 0.1) is 41.4 Å². The predicted octanol–water partition coefficient (Wildman–Crippen LogP) is 5.84. The zero-order valence-electron chi connectivity index (χ0n) is 47.5. The van der Waals surface area contributed by atoms with E-state index in [0.29, 0.717) is 25.2 Å². The maximum absolute atomic E-state index is 15.3. The summed E-state index contributed by atoms with van der Waals surface area (Å²) < 4.78 is 63.8. The predicted molar refractivity (Wildman–Crippen MR) is 277 cm³/mol. The molecule has 4 aliphatic heterocycles. The Morgan fingerprint density at radius 2 is 1.48 bits per heavy atom. The van der Waals surface area contributed by atoms with Crippen molar-refractivity contribution in [1.82, 2.24) is 4.90 Å². The lowest BCUT2D eigenvalue weighted by atomic mass is 9.74. The van der Waals surface area contributed by atoms with Gasteiger partial charge in [0.2, 0.25) is 0 Å². The Bertz CT molecular complexity index is 1980. The lowest BCUT2D eigenvalue weighted by Crippen LogP contribution is -2.59. The number of benzene rings is 1. The SMILES string of the molecule is CON=C1C[C@@H](C)O[C@@H](O[C@@H]2[C@@H](C)[C@H](O[C@H]3CC(C)N(Cc4ccccc4)C[C@H](C)O3)[C@@H](C)C(=O)O[C@H]([C@@H](C)CO[C@@H]3O[C@H](C)[C@@H](O)[C@@H](OC)[C@H]3OC)[C@H](C)[C@@H](OC(=O)CC(C)C)[C@@H](C)C(=O)[C@@](C)(O)C[C@@H]2C)[C@@H]1O. The lowest BCUT2D eigenvalue weighted by Gasteiger charge is -2.44. The monoisotopic (exact) mass is 1060 g/mol. The van der Waals surface area contributed by atoms with Crippen molar-refractivity contribution in [3.63, 3.8) is 0 Å². The molecular formula is C56H92N2O17. The number of oxime groups is 1. The van der Waals surface area contributed by atoms with Crippen molar-refractivity contribution >= 4 is 23.4 Å². The van der Waals surface area contributed by atoms with Gasteiger partial charge >= 0.3 is 11.9 Å². The molecule has 0 radical (unpaired) electrons. The van der Waals surface area contributed by atoms with Gasteiger partial charge in [-0.05, 0) is 65.4 Å². The Morgan fingerprint density at radius 3 is 2.11 bits per heavy atom. The molecule has 4 aliphatic rings. The zero-order chi connectivity index (χ0) is 55.6. The first-order valence-electron chi connectivity index (χ1n) is 27.2. The fourth-order valence-electron chi connectivity index (χ4n) is 11.6. The Hall–Kier alpha value is -3.18. The summed E-state index contributed by atoms with van der Waals surface area (Å²) >= 11 is 0. The van der Waals surface area contributed by atoms with Gasteiger partial charge in [-0.15, -0.1) is 0 Å². The molecule has 4 fully saturated rings. The summed E-state index contributed by atoms with van der Waals surface area (Å²) in [6, 6.07) is 10.2. The van der Waals surface area contributed by atoms with Gasteiger partial charge in [0.25, 0.3) is 0 Å². The van der Waals surface area contributed by atoms with Gasteiger partial charge in [-0.25, -0.2) is 0 Å². The second-order valence-corrected chi connectivity index (χ2v) is 22.8. The number of ketones is 1. The number of aliphatic hydroxyl groups is 3. The number of ether oxygens (including phenoxy) is 10. The summed E-state index contributed by atoms with van der Waals surface area (Å²) in [4.78, 5) is 51.5. The largest absolute Gasteiger partial charge is 0.461 e. The smallest absolute Gasteiger partial charge is 0.311 e. The molecule has 1 aromatic rings. The Labute approximate surface area is 445 Å². The zero-order valence-corrected chi connectivity index (χ0v) is 47.5. The maximum atomic E-state index is 15.3. The van der Waals surface area contributed by atoms with Gasteiger partial charge in [0.1, 0.15) is 49.3 Å². The van der Waals surface area contributed by atoms with Crippen LogP contribution in [0.25, 0.3) is 0 Å². The number of hydrogen-bond donors (Lipinski definition) is 3. The highest BCUT2D eigenvalue weighted by atomic mass is 16.7. The van der Waals surface area contributed by atoms with Crippen LogP contribution in [-0.2, 0) is 73.1 Å². The minimum absolute atomic E-state index is 0.0197. The highest BCUT2D eigenvalue weighted by Crippen LogP contribution is 2.39. The first-order chi connectivity index (χ1) is 35.3. The second kappa shape index (κ2) is 28.1. The average Bonchev–Trinajstić information content (AvgIpc) is 3.48. The van der Waals surface area contributed by atoms with Gasteiger partial charge in [-0.1, -0.05) is 84.0 Å². The second-order valence-electron chi connectivity index (χ2n) is 22.8. The molecule has 4 saturated heterocycles. The normalized spacial score (nSPS) is 41.1. The molecule has 75 heavy (non-hydrogen) atoms. The van der Waals surface area contributed by atoms with Crippen molar-refractivity contribution in [2.45, 2.75) is 220 Å². The molecule has 19 heteroatoms. The van der Waals surface area contributed by atoms with Crippen molar-refractivity contribution in [2.24, 2.45) is 46.6 Å². The van der Waals surface area contributed by atoms with Gasteiger partial charge in [-0.2, -0.15) is 0 Å². The molecule has 0 saturated carbocycles. The third kappa shape index (κ3) is 16.2. The number of rotatable bonds is 16. The van der Waals surface area contributed by atoms with Crippen molar-refractivity contribution in [3.8, 4) is 0 Å². The van der Waals surface area contributed by atoms with E-state index in [1.165, 1.54) is 28.3 Å². The van der Waals surface area contributed by atoms with Crippen LogP contribution in [0.4, 0.5) is 0 Å². The molecule has 3 N–H and O–H groups in total. The first-order valence-corrected chi connectivity index (χ1v) is 27.2. The minimum Gasteiger partial charge on any atom is -0.461 e. The van der Waals surface area contributed by atoms with Crippen LogP contribution >= 0.6 is 0 Å². The number of carbonyl (C=O) groups is 3.